The molecule has 0 fully saturated rings. The van der Waals surface area contributed by atoms with Crippen LogP contribution in [0.5, 0.6) is 5.75 Å². The number of hydrogen-bond acceptors (Lipinski definition) is 5. The normalized spacial score (nSPS) is 14.8. The van der Waals surface area contributed by atoms with Crippen LogP contribution in [0.25, 0.3) is 0 Å². The Morgan fingerprint density at radius 1 is 1.23 bits per heavy atom. The van der Waals surface area contributed by atoms with Crippen molar-refractivity contribution in [3.05, 3.63) is 53.1 Å². The molecule has 2 amide bonds. The Bertz CT molecular complexity index is 990. The summed E-state index contributed by atoms with van der Waals surface area (Å²) in [7, 11) is -2.44. The standard InChI is InChI=1S/C17H15ClN2O5S/c1-25-14-7-6-11(10-13(14)18)19-16(21)8-9-20-17(22)12-4-2-3-5-15(12)26(20,23)24/h2-7,10H,8-9H2,1H3,(H,19,21). The fourth-order valence-corrected chi connectivity index (χ4v) is 4.45. The molecule has 1 aliphatic rings. The lowest BCUT2D eigenvalue weighted by molar-refractivity contribution is -0.116. The molecule has 0 unspecified atom stereocenters. The van der Waals surface area contributed by atoms with Gasteiger partial charge >= 0.3 is 0 Å². The number of sulfonamides is 1. The van der Waals surface area contributed by atoms with Crippen molar-refractivity contribution in [2.75, 3.05) is 19.0 Å². The first kappa shape index (κ1) is 18.2. The molecule has 2 aromatic carbocycles. The smallest absolute Gasteiger partial charge is 0.269 e. The van der Waals surface area contributed by atoms with Crippen molar-refractivity contribution in [3.63, 3.8) is 0 Å². The Morgan fingerprint density at radius 3 is 2.62 bits per heavy atom. The van der Waals surface area contributed by atoms with Crippen LogP contribution in [0, 0.1) is 0 Å². The number of carbonyl (C=O) groups excluding carboxylic acids is 2. The van der Waals surface area contributed by atoms with E-state index in [1.807, 2.05) is 0 Å². The van der Waals surface area contributed by atoms with E-state index in [1.54, 1.807) is 24.3 Å². The maximum atomic E-state index is 12.4. The number of amides is 2. The summed E-state index contributed by atoms with van der Waals surface area (Å²) in [5, 5.41) is 2.94. The summed E-state index contributed by atoms with van der Waals surface area (Å²) in [5.74, 6) is -0.595. The number of halogens is 1. The third-order valence-corrected chi connectivity index (χ3v) is 6.03. The highest BCUT2D eigenvalue weighted by Gasteiger charge is 2.40. The van der Waals surface area contributed by atoms with E-state index in [-0.39, 0.29) is 23.4 Å². The third-order valence-electron chi connectivity index (χ3n) is 3.89. The van der Waals surface area contributed by atoms with Gasteiger partial charge in [-0.3, -0.25) is 9.59 Å². The van der Waals surface area contributed by atoms with Gasteiger partial charge in [-0.25, -0.2) is 12.7 Å². The van der Waals surface area contributed by atoms with E-state index >= 15 is 0 Å². The number of fused-ring (bicyclic) bond motifs is 1. The molecule has 1 heterocycles. The zero-order valence-corrected chi connectivity index (χ0v) is 15.3. The molecule has 0 aliphatic carbocycles. The predicted octanol–water partition coefficient (Wildman–Crippen LogP) is 2.52. The molecule has 2 aromatic rings. The quantitative estimate of drug-likeness (QED) is 0.841. The van der Waals surface area contributed by atoms with Gasteiger partial charge in [0.25, 0.3) is 15.9 Å². The van der Waals surface area contributed by atoms with Gasteiger partial charge in [0.2, 0.25) is 5.91 Å². The van der Waals surface area contributed by atoms with Gasteiger partial charge in [-0.2, -0.15) is 0 Å². The third kappa shape index (κ3) is 3.25. The lowest BCUT2D eigenvalue weighted by atomic mass is 10.2. The highest BCUT2D eigenvalue weighted by Crippen LogP contribution is 2.30. The summed E-state index contributed by atoms with van der Waals surface area (Å²) >= 11 is 5.99. The van der Waals surface area contributed by atoms with Gasteiger partial charge in [-0.05, 0) is 30.3 Å². The van der Waals surface area contributed by atoms with Crippen LogP contribution >= 0.6 is 11.6 Å². The average Bonchev–Trinajstić information content (AvgIpc) is 2.80. The minimum Gasteiger partial charge on any atom is -0.495 e. The van der Waals surface area contributed by atoms with Crippen LogP contribution in [0.4, 0.5) is 5.69 Å². The molecule has 0 aromatic heterocycles. The minimum atomic E-state index is -3.91. The highest BCUT2D eigenvalue weighted by molar-refractivity contribution is 7.90. The van der Waals surface area contributed by atoms with Crippen molar-refractivity contribution in [1.82, 2.24) is 4.31 Å². The molecule has 0 atom stereocenters. The Balaban J connectivity index is 1.67. The monoisotopic (exact) mass is 394 g/mol. The van der Waals surface area contributed by atoms with Crippen molar-refractivity contribution in [1.29, 1.82) is 0 Å². The van der Waals surface area contributed by atoms with Crippen LogP contribution in [-0.2, 0) is 14.8 Å². The molecular formula is C17H15ClN2O5S. The zero-order chi connectivity index (χ0) is 18.9. The van der Waals surface area contributed by atoms with Crippen molar-refractivity contribution < 1.29 is 22.7 Å². The summed E-state index contributed by atoms with van der Waals surface area (Å²) in [6.45, 7) is -0.244. The molecule has 0 saturated carbocycles. The molecule has 1 N–H and O–H groups in total. The summed E-state index contributed by atoms with van der Waals surface area (Å²) in [6, 6.07) is 10.7. The van der Waals surface area contributed by atoms with E-state index in [1.165, 1.54) is 25.3 Å². The Labute approximate surface area is 155 Å². The number of methoxy groups -OCH3 is 1. The Hall–Kier alpha value is -2.58. The second-order valence-corrected chi connectivity index (χ2v) is 7.76. The van der Waals surface area contributed by atoms with Crippen LogP contribution in [-0.4, -0.2) is 38.2 Å². The van der Waals surface area contributed by atoms with Crippen molar-refractivity contribution >= 4 is 39.1 Å². The first-order chi connectivity index (χ1) is 12.3. The van der Waals surface area contributed by atoms with Crippen LogP contribution in [0.1, 0.15) is 16.8 Å². The number of nitrogens with one attached hydrogen (secondary N) is 1. The van der Waals surface area contributed by atoms with E-state index < -0.39 is 21.8 Å². The summed E-state index contributed by atoms with van der Waals surface area (Å²) in [4.78, 5) is 24.4. The van der Waals surface area contributed by atoms with Gasteiger partial charge in [-0.15, -0.1) is 0 Å². The van der Waals surface area contributed by atoms with Crippen LogP contribution < -0.4 is 10.1 Å². The van der Waals surface area contributed by atoms with Crippen LogP contribution in [0.3, 0.4) is 0 Å². The molecule has 7 nitrogen and oxygen atoms in total. The molecule has 26 heavy (non-hydrogen) atoms. The van der Waals surface area contributed by atoms with Crippen LogP contribution in [0.2, 0.25) is 5.02 Å². The van der Waals surface area contributed by atoms with Crippen molar-refractivity contribution in [2.24, 2.45) is 0 Å². The predicted molar refractivity (Wildman–Crippen MR) is 95.9 cm³/mol. The van der Waals surface area contributed by atoms with Gasteiger partial charge in [-0.1, -0.05) is 23.7 Å². The number of rotatable bonds is 5. The minimum absolute atomic E-state index is 0.0349. The maximum absolute atomic E-state index is 12.4. The van der Waals surface area contributed by atoms with E-state index in [9.17, 15) is 18.0 Å². The van der Waals surface area contributed by atoms with E-state index in [0.29, 0.717) is 16.5 Å². The summed E-state index contributed by atoms with van der Waals surface area (Å²) in [5.41, 5.74) is 0.564. The van der Waals surface area contributed by atoms with Crippen LogP contribution in [0.15, 0.2) is 47.4 Å². The fraction of sp³-hybridized carbons (Fsp3) is 0.176. The van der Waals surface area contributed by atoms with Gasteiger partial charge in [0.1, 0.15) is 10.6 Å². The number of ether oxygens (including phenoxy) is 1. The van der Waals surface area contributed by atoms with E-state index in [2.05, 4.69) is 5.32 Å². The lowest BCUT2D eigenvalue weighted by Gasteiger charge is -2.15. The number of anilines is 1. The Kier molecular flexibility index (Phi) is 4.88. The second-order valence-electron chi connectivity index (χ2n) is 5.53. The van der Waals surface area contributed by atoms with E-state index in [0.717, 1.165) is 4.31 Å². The first-order valence-electron chi connectivity index (χ1n) is 7.64. The first-order valence-corrected chi connectivity index (χ1v) is 9.46. The molecule has 136 valence electrons. The Morgan fingerprint density at radius 2 is 1.96 bits per heavy atom. The van der Waals surface area contributed by atoms with Gasteiger partial charge in [0, 0.05) is 18.7 Å². The molecule has 0 bridgehead atoms. The largest absolute Gasteiger partial charge is 0.495 e. The molecule has 1 aliphatic heterocycles. The molecular weight excluding hydrogens is 380 g/mol. The van der Waals surface area contributed by atoms with Gasteiger partial charge < -0.3 is 10.1 Å². The zero-order valence-electron chi connectivity index (χ0n) is 13.7. The number of nitrogens with zero attached hydrogens (tertiary/aromatic N) is 1. The molecule has 3 rings (SSSR count). The fourth-order valence-electron chi connectivity index (χ4n) is 2.62. The van der Waals surface area contributed by atoms with Crippen molar-refractivity contribution in [2.45, 2.75) is 11.3 Å². The van der Waals surface area contributed by atoms with E-state index in [4.69, 9.17) is 16.3 Å². The molecule has 0 spiro atoms. The topological polar surface area (TPSA) is 92.8 Å². The molecule has 0 radical (unpaired) electrons. The lowest BCUT2D eigenvalue weighted by Crippen LogP contribution is -2.33. The average molecular weight is 395 g/mol. The molecule has 0 saturated heterocycles. The summed E-state index contributed by atoms with van der Waals surface area (Å²) in [6.07, 6.45) is -0.178. The van der Waals surface area contributed by atoms with Gasteiger partial charge in [0.05, 0.1) is 17.7 Å². The second kappa shape index (κ2) is 6.97. The number of carbonyl (C=O) groups is 2. The maximum Gasteiger partial charge on any atom is 0.269 e. The highest BCUT2D eigenvalue weighted by atomic mass is 35.5. The number of hydrogen-bond donors (Lipinski definition) is 1. The van der Waals surface area contributed by atoms with Crippen molar-refractivity contribution in [3.8, 4) is 5.75 Å². The SMILES string of the molecule is COc1ccc(NC(=O)CCN2C(=O)c3ccccc3S2(=O)=O)cc1Cl. The summed E-state index contributed by atoms with van der Waals surface area (Å²) < 4.78 is 30.6. The number of benzene rings is 2. The van der Waals surface area contributed by atoms with Gasteiger partial charge in [0.15, 0.2) is 0 Å². The molecule has 9 heteroatoms.